The Morgan fingerprint density at radius 1 is 0.973 bits per heavy atom. The van der Waals surface area contributed by atoms with E-state index in [4.69, 9.17) is 23.2 Å². The number of nitrogens with one attached hydrogen (secondary N) is 1. The molecule has 37 heavy (non-hydrogen) atoms. The normalized spacial score (nSPS) is 18.0. The van der Waals surface area contributed by atoms with Crippen LogP contribution >= 0.6 is 23.2 Å². The maximum absolute atomic E-state index is 14.9. The number of hydrogen-bond acceptors (Lipinski definition) is 1. The minimum absolute atomic E-state index is 0.0828. The molecule has 1 atom stereocenters. The number of amides is 1. The van der Waals surface area contributed by atoms with Crippen molar-refractivity contribution in [3.63, 3.8) is 0 Å². The fraction of sp³-hybridized carbons (Fsp3) is 0.375. The van der Waals surface area contributed by atoms with Crippen molar-refractivity contribution < 1.29 is 44.3 Å². The second-order valence-corrected chi connectivity index (χ2v) is 9.47. The van der Waals surface area contributed by atoms with Gasteiger partial charge in [-0.25, -0.2) is 13.2 Å². The second kappa shape index (κ2) is 10.8. The molecule has 0 bridgehead atoms. The first-order valence-electron chi connectivity index (χ1n) is 10.8. The summed E-state index contributed by atoms with van der Waals surface area (Å²) in [5.74, 6) is -8.37. The largest absolute Gasteiger partial charge is 0.417 e. The van der Waals surface area contributed by atoms with Gasteiger partial charge in [-0.05, 0) is 54.8 Å². The van der Waals surface area contributed by atoms with E-state index < -0.39 is 77.1 Å². The van der Waals surface area contributed by atoms with Crippen molar-refractivity contribution in [2.75, 3.05) is 0 Å². The Hall–Kier alpha value is -2.40. The first kappa shape index (κ1) is 29.2. The van der Waals surface area contributed by atoms with Crippen LogP contribution in [0.3, 0.4) is 0 Å². The van der Waals surface area contributed by atoms with Gasteiger partial charge in [-0.2, -0.15) is 26.3 Å². The third-order valence-corrected chi connectivity index (χ3v) is 6.24. The highest BCUT2D eigenvalue weighted by atomic mass is 35.5. The smallest absolute Gasteiger partial charge is 0.349 e. The van der Waals surface area contributed by atoms with Crippen LogP contribution < -0.4 is 5.32 Å². The predicted molar refractivity (Wildman–Crippen MR) is 120 cm³/mol. The molecule has 1 amide bonds. The van der Waals surface area contributed by atoms with Gasteiger partial charge in [-0.15, -0.1) is 0 Å². The highest BCUT2D eigenvalue weighted by Crippen LogP contribution is 2.41. The zero-order valence-electron chi connectivity index (χ0n) is 18.6. The Bertz CT molecular complexity index is 1160. The maximum Gasteiger partial charge on any atom is 0.417 e. The van der Waals surface area contributed by atoms with Crippen molar-refractivity contribution in [3.8, 4) is 0 Å². The van der Waals surface area contributed by atoms with Crippen molar-refractivity contribution in [3.05, 3.63) is 74.8 Å². The number of rotatable bonds is 5. The summed E-state index contributed by atoms with van der Waals surface area (Å²) in [7, 11) is 0. The summed E-state index contributed by atoms with van der Waals surface area (Å²) in [6, 6.07) is 3.71. The molecule has 0 heterocycles. The monoisotopic (exact) mass is 577 g/mol. The van der Waals surface area contributed by atoms with Gasteiger partial charge in [-0.1, -0.05) is 29.3 Å². The van der Waals surface area contributed by atoms with Gasteiger partial charge in [0.25, 0.3) is 5.91 Å². The van der Waals surface area contributed by atoms with Gasteiger partial charge in [0.1, 0.15) is 11.7 Å². The van der Waals surface area contributed by atoms with Crippen molar-refractivity contribution in [2.45, 2.75) is 55.9 Å². The minimum Gasteiger partial charge on any atom is -0.349 e. The van der Waals surface area contributed by atoms with Crippen LogP contribution in [0.15, 0.2) is 42.5 Å². The van der Waals surface area contributed by atoms with Gasteiger partial charge < -0.3 is 5.32 Å². The zero-order valence-corrected chi connectivity index (χ0v) is 20.1. The topological polar surface area (TPSA) is 29.1 Å². The number of benzene rings is 2. The fourth-order valence-electron chi connectivity index (χ4n) is 3.95. The van der Waals surface area contributed by atoms with Gasteiger partial charge in [0, 0.05) is 34.5 Å². The molecule has 0 saturated heterocycles. The molecule has 1 unspecified atom stereocenters. The van der Waals surface area contributed by atoms with E-state index >= 15 is 0 Å². The molecule has 2 aromatic carbocycles. The lowest BCUT2D eigenvalue weighted by molar-refractivity contribution is -0.140. The number of alkyl halides is 8. The standard InChI is InChI=1S/C24H18Cl2F9NO/c25-14-7-13(8-15(26)10-14)18(23(30,31)32)11-20(27)12-1-2-17(19(9-12)24(33,34)35)21(37)36-16-3-5-22(28,29)6-4-16/h1-2,7-11,16,18H,3-6H2,(H,36,37)/b20-11-. The van der Waals surface area contributed by atoms with E-state index in [2.05, 4.69) is 5.32 Å². The Balaban J connectivity index is 1.95. The summed E-state index contributed by atoms with van der Waals surface area (Å²) in [5, 5.41) is 1.93. The van der Waals surface area contributed by atoms with E-state index in [9.17, 15) is 44.3 Å². The molecule has 13 heteroatoms. The van der Waals surface area contributed by atoms with E-state index in [1.165, 1.54) is 0 Å². The van der Waals surface area contributed by atoms with E-state index in [1.807, 2.05) is 0 Å². The molecule has 1 aliphatic carbocycles. The molecule has 0 spiro atoms. The Kier molecular flexibility index (Phi) is 8.48. The van der Waals surface area contributed by atoms with Crippen LogP contribution in [0.5, 0.6) is 0 Å². The molecule has 3 rings (SSSR count). The summed E-state index contributed by atoms with van der Waals surface area (Å²) in [4.78, 5) is 12.5. The summed E-state index contributed by atoms with van der Waals surface area (Å²) in [5.41, 5.74) is -3.91. The van der Waals surface area contributed by atoms with Crippen LogP contribution in [0.2, 0.25) is 10.0 Å². The van der Waals surface area contributed by atoms with E-state index in [0.29, 0.717) is 6.07 Å². The van der Waals surface area contributed by atoms with E-state index in [1.54, 1.807) is 0 Å². The summed E-state index contributed by atoms with van der Waals surface area (Å²) in [6.45, 7) is 0. The number of halogens is 11. The maximum atomic E-state index is 14.9. The SMILES string of the molecule is O=C(NC1CCC(F)(F)CC1)c1ccc(/C(F)=C/C(c2cc(Cl)cc(Cl)c2)C(F)(F)F)cc1C(F)(F)F. The molecule has 0 aromatic heterocycles. The molecule has 0 aliphatic heterocycles. The molecule has 202 valence electrons. The number of carbonyl (C=O) groups is 1. The highest BCUT2D eigenvalue weighted by Gasteiger charge is 2.41. The van der Waals surface area contributed by atoms with Crippen LogP contribution in [-0.4, -0.2) is 24.0 Å². The van der Waals surface area contributed by atoms with Gasteiger partial charge in [0.2, 0.25) is 5.92 Å². The van der Waals surface area contributed by atoms with Gasteiger partial charge in [0.15, 0.2) is 0 Å². The van der Waals surface area contributed by atoms with Crippen LogP contribution in [0, 0.1) is 0 Å². The summed E-state index contributed by atoms with van der Waals surface area (Å²) < 4.78 is 124. The van der Waals surface area contributed by atoms with Gasteiger partial charge in [-0.3, -0.25) is 4.79 Å². The molecule has 2 nitrogen and oxygen atoms in total. The average molecular weight is 578 g/mol. The third kappa shape index (κ3) is 7.56. The van der Waals surface area contributed by atoms with Crippen molar-refractivity contribution >= 4 is 34.9 Å². The third-order valence-electron chi connectivity index (χ3n) is 5.81. The van der Waals surface area contributed by atoms with E-state index in [0.717, 1.165) is 24.3 Å². The van der Waals surface area contributed by atoms with Crippen LogP contribution in [-0.2, 0) is 6.18 Å². The van der Waals surface area contributed by atoms with Gasteiger partial charge in [0.05, 0.1) is 11.1 Å². The van der Waals surface area contributed by atoms with Crippen LogP contribution in [0.1, 0.15) is 58.6 Å². The molecule has 1 N–H and O–H groups in total. The molecule has 1 fully saturated rings. The lowest BCUT2D eigenvalue weighted by atomic mass is 9.91. The zero-order chi connectivity index (χ0) is 27.8. The first-order chi connectivity index (χ1) is 17.0. The number of allylic oxidation sites excluding steroid dienone is 1. The second-order valence-electron chi connectivity index (χ2n) is 8.60. The van der Waals surface area contributed by atoms with Crippen molar-refractivity contribution in [1.82, 2.24) is 5.32 Å². The van der Waals surface area contributed by atoms with Crippen LogP contribution in [0.25, 0.3) is 5.83 Å². The molecular formula is C24H18Cl2F9NO. The predicted octanol–water partition coefficient (Wildman–Crippen LogP) is 8.98. The number of carbonyl (C=O) groups excluding carboxylic acids is 1. The summed E-state index contributed by atoms with van der Waals surface area (Å²) in [6.07, 6.45) is -11.5. The average Bonchev–Trinajstić information content (AvgIpc) is 2.76. The lowest BCUT2D eigenvalue weighted by Crippen LogP contribution is -2.40. The van der Waals surface area contributed by atoms with Crippen molar-refractivity contribution in [1.29, 1.82) is 0 Å². The van der Waals surface area contributed by atoms with Gasteiger partial charge >= 0.3 is 12.4 Å². The molecular weight excluding hydrogens is 560 g/mol. The van der Waals surface area contributed by atoms with Crippen LogP contribution in [0.4, 0.5) is 39.5 Å². The Labute approximate surface area is 215 Å². The molecule has 1 aliphatic rings. The molecule has 1 saturated carbocycles. The summed E-state index contributed by atoms with van der Waals surface area (Å²) >= 11 is 11.5. The van der Waals surface area contributed by atoms with Crippen molar-refractivity contribution in [2.24, 2.45) is 0 Å². The number of hydrogen-bond donors (Lipinski definition) is 1. The highest BCUT2D eigenvalue weighted by molar-refractivity contribution is 6.34. The fourth-order valence-corrected chi connectivity index (χ4v) is 4.49. The quantitative estimate of drug-likeness (QED) is 0.353. The Morgan fingerprint density at radius 3 is 2.05 bits per heavy atom. The molecule has 2 aromatic rings. The molecule has 0 radical (unpaired) electrons. The van der Waals surface area contributed by atoms with E-state index in [-0.39, 0.29) is 35.0 Å². The minimum atomic E-state index is -5.17. The Morgan fingerprint density at radius 2 is 1.54 bits per heavy atom. The first-order valence-corrected chi connectivity index (χ1v) is 11.5. The lowest BCUT2D eigenvalue weighted by Gasteiger charge is -2.29.